The van der Waals surface area contributed by atoms with E-state index in [4.69, 9.17) is 16.3 Å². The standard InChI is InChI=1S/C27H37ClO6/c1-14-9-16-17-11-19(30)18-10-15(29)7-8-26(18,6)27(17,28)21(32)12-25(16,5)22(14)20(31)13-34-23(33)24(2,3)4/h7-8,10,14,16-17,19,21-22,30,32H,9,11-13H2,1-6H3/t14-,16+,17+,19+,21+,22-,25+,26+,27+/m1/s1. The van der Waals surface area contributed by atoms with E-state index >= 15 is 0 Å². The molecule has 34 heavy (non-hydrogen) atoms. The second-order valence-corrected chi connectivity index (χ2v) is 13.1. The second-order valence-electron chi connectivity index (χ2n) is 12.5. The molecule has 6 nitrogen and oxygen atoms in total. The van der Waals surface area contributed by atoms with Gasteiger partial charge in [0.05, 0.1) is 22.5 Å². The van der Waals surface area contributed by atoms with Gasteiger partial charge in [0.15, 0.2) is 11.6 Å². The van der Waals surface area contributed by atoms with Crippen LogP contribution in [0.3, 0.4) is 0 Å². The van der Waals surface area contributed by atoms with Crippen LogP contribution in [0.25, 0.3) is 0 Å². The Hall–Kier alpha value is -1.50. The Bertz CT molecular complexity index is 978. The molecule has 0 aromatic carbocycles. The first-order chi connectivity index (χ1) is 15.6. The molecule has 4 rings (SSSR count). The zero-order valence-corrected chi connectivity index (χ0v) is 21.7. The monoisotopic (exact) mass is 492 g/mol. The summed E-state index contributed by atoms with van der Waals surface area (Å²) in [6.45, 7) is 10.9. The van der Waals surface area contributed by atoms with Crippen LogP contribution in [0, 0.1) is 39.9 Å². The summed E-state index contributed by atoms with van der Waals surface area (Å²) in [5.41, 5.74) is -1.56. The van der Waals surface area contributed by atoms with Gasteiger partial charge in [0.25, 0.3) is 0 Å². The van der Waals surface area contributed by atoms with E-state index in [0.29, 0.717) is 18.4 Å². The fourth-order valence-corrected chi connectivity index (χ4v) is 8.23. The number of allylic oxidation sites excluding steroid dienone is 3. The number of halogens is 1. The van der Waals surface area contributed by atoms with Gasteiger partial charge in [0.1, 0.15) is 6.61 Å². The van der Waals surface area contributed by atoms with Crippen molar-refractivity contribution in [1.29, 1.82) is 0 Å². The maximum atomic E-state index is 13.4. The van der Waals surface area contributed by atoms with Crippen LogP contribution in [0.5, 0.6) is 0 Å². The number of carbonyl (C=O) groups is 3. The van der Waals surface area contributed by atoms with E-state index in [1.165, 1.54) is 12.2 Å². The smallest absolute Gasteiger partial charge is 0.311 e. The number of rotatable bonds is 3. The molecule has 0 heterocycles. The lowest BCUT2D eigenvalue weighted by Crippen LogP contribution is -2.68. The fraction of sp³-hybridized carbons (Fsp3) is 0.741. The first-order valence-corrected chi connectivity index (χ1v) is 12.7. The summed E-state index contributed by atoms with van der Waals surface area (Å²) >= 11 is 7.39. The van der Waals surface area contributed by atoms with Crippen LogP contribution in [0.1, 0.15) is 60.8 Å². The van der Waals surface area contributed by atoms with Crippen LogP contribution in [0.2, 0.25) is 0 Å². The number of aliphatic hydroxyl groups excluding tert-OH is 2. The second kappa shape index (κ2) is 8.01. The average Bonchev–Trinajstić information content (AvgIpc) is 2.99. The number of hydrogen-bond acceptors (Lipinski definition) is 6. The Morgan fingerprint density at radius 3 is 2.44 bits per heavy atom. The number of hydrogen-bond donors (Lipinski definition) is 2. The third-order valence-electron chi connectivity index (χ3n) is 9.31. The van der Waals surface area contributed by atoms with Gasteiger partial charge in [-0.15, -0.1) is 11.6 Å². The molecule has 3 fully saturated rings. The zero-order valence-electron chi connectivity index (χ0n) is 20.9. The number of esters is 1. The molecule has 3 saturated carbocycles. The number of carbonyl (C=O) groups excluding carboxylic acids is 3. The van der Waals surface area contributed by atoms with Gasteiger partial charge >= 0.3 is 5.97 Å². The lowest BCUT2D eigenvalue weighted by atomic mass is 9.45. The van der Waals surface area contributed by atoms with Crippen molar-refractivity contribution in [3.63, 3.8) is 0 Å². The molecular weight excluding hydrogens is 456 g/mol. The minimum absolute atomic E-state index is 0.00489. The van der Waals surface area contributed by atoms with Crippen molar-refractivity contribution in [3.8, 4) is 0 Å². The SMILES string of the molecule is C[C@@H]1C[C@H]2[C@@H]3C[C@H](O)C4=CC(=O)C=C[C@]4(C)[C@@]3(Cl)[C@@H](O)C[C@]2(C)[C@H]1C(=O)COC(=O)C(C)(C)C. The highest BCUT2D eigenvalue weighted by molar-refractivity contribution is 6.26. The van der Waals surface area contributed by atoms with Crippen molar-refractivity contribution in [2.45, 2.75) is 77.9 Å². The fourth-order valence-electron chi connectivity index (χ4n) is 7.74. The maximum absolute atomic E-state index is 13.4. The highest BCUT2D eigenvalue weighted by atomic mass is 35.5. The Morgan fingerprint density at radius 2 is 1.82 bits per heavy atom. The average molecular weight is 493 g/mol. The van der Waals surface area contributed by atoms with Crippen molar-refractivity contribution in [2.24, 2.45) is 39.9 Å². The number of aliphatic hydroxyl groups is 2. The van der Waals surface area contributed by atoms with Crippen molar-refractivity contribution in [3.05, 3.63) is 23.8 Å². The molecule has 0 aromatic rings. The quantitative estimate of drug-likeness (QED) is 0.461. The van der Waals surface area contributed by atoms with Gasteiger partial charge in [-0.2, -0.15) is 0 Å². The molecule has 0 radical (unpaired) electrons. The molecule has 188 valence electrons. The molecule has 9 atom stereocenters. The molecule has 0 unspecified atom stereocenters. The third-order valence-corrected chi connectivity index (χ3v) is 10.2. The first kappa shape index (κ1) is 25.6. The van der Waals surface area contributed by atoms with Crippen LogP contribution < -0.4 is 0 Å². The number of alkyl halides is 1. The molecule has 0 amide bonds. The van der Waals surface area contributed by atoms with E-state index < -0.39 is 39.3 Å². The van der Waals surface area contributed by atoms with Crippen molar-refractivity contribution in [2.75, 3.05) is 6.61 Å². The number of ketones is 2. The van der Waals surface area contributed by atoms with Crippen molar-refractivity contribution >= 4 is 29.1 Å². The molecule has 7 heteroatoms. The highest BCUT2D eigenvalue weighted by Gasteiger charge is 2.71. The van der Waals surface area contributed by atoms with Gasteiger partial charge in [-0.05, 0) is 80.9 Å². The number of fused-ring (bicyclic) bond motifs is 5. The minimum Gasteiger partial charge on any atom is -0.457 e. The van der Waals surface area contributed by atoms with Gasteiger partial charge in [-0.1, -0.05) is 26.8 Å². The lowest BCUT2D eigenvalue weighted by Gasteiger charge is -2.64. The van der Waals surface area contributed by atoms with Gasteiger partial charge in [-0.3, -0.25) is 14.4 Å². The maximum Gasteiger partial charge on any atom is 0.311 e. The summed E-state index contributed by atoms with van der Waals surface area (Å²) in [6, 6.07) is 0. The van der Waals surface area contributed by atoms with E-state index in [1.807, 2.05) is 20.8 Å². The normalized spacial score (nSPS) is 45.7. The van der Waals surface area contributed by atoms with E-state index in [2.05, 4.69) is 0 Å². The Balaban J connectivity index is 1.67. The van der Waals surface area contributed by atoms with Crippen LogP contribution in [-0.4, -0.2) is 51.4 Å². The molecule has 4 aliphatic carbocycles. The Kier molecular flexibility index (Phi) is 6.03. The molecular formula is C27H37ClO6. The topological polar surface area (TPSA) is 101 Å². The Labute approximate surface area is 206 Å². The van der Waals surface area contributed by atoms with Crippen LogP contribution >= 0.6 is 11.6 Å². The summed E-state index contributed by atoms with van der Waals surface area (Å²) < 4.78 is 5.36. The molecule has 0 bridgehead atoms. The molecule has 0 aliphatic heterocycles. The lowest BCUT2D eigenvalue weighted by molar-refractivity contribution is -0.159. The predicted molar refractivity (Wildman–Crippen MR) is 128 cm³/mol. The number of ether oxygens (including phenoxy) is 1. The molecule has 0 saturated heterocycles. The Morgan fingerprint density at radius 1 is 1.18 bits per heavy atom. The van der Waals surface area contributed by atoms with Gasteiger partial charge < -0.3 is 14.9 Å². The van der Waals surface area contributed by atoms with Gasteiger partial charge in [0.2, 0.25) is 0 Å². The van der Waals surface area contributed by atoms with Crippen LogP contribution in [0.4, 0.5) is 0 Å². The summed E-state index contributed by atoms with van der Waals surface area (Å²) in [4.78, 5) is 36.6. The molecule has 4 aliphatic rings. The molecule has 0 aromatic heterocycles. The zero-order chi connectivity index (χ0) is 25.4. The summed E-state index contributed by atoms with van der Waals surface area (Å²) in [5, 5.41) is 22.7. The molecule has 2 N–H and O–H groups in total. The number of Topliss-reactive ketones (excluding diaryl/α,β-unsaturated/α-hetero) is 1. The highest BCUT2D eigenvalue weighted by Crippen LogP contribution is 2.70. The summed E-state index contributed by atoms with van der Waals surface area (Å²) in [5.74, 6) is -1.36. The molecule has 0 spiro atoms. The largest absolute Gasteiger partial charge is 0.457 e. The summed E-state index contributed by atoms with van der Waals surface area (Å²) in [6.07, 6.45) is 4.26. The van der Waals surface area contributed by atoms with Gasteiger partial charge in [-0.25, -0.2) is 0 Å². The predicted octanol–water partition coefficient (Wildman–Crippen LogP) is 3.62. The van der Waals surface area contributed by atoms with Gasteiger partial charge in [0, 0.05) is 11.3 Å². The van der Waals surface area contributed by atoms with E-state index in [9.17, 15) is 24.6 Å². The summed E-state index contributed by atoms with van der Waals surface area (Å²) in [7, 11) is 0. The van der Waals surface area contributed by atoms with Crippen molar-refractivity contribution in [1.82, 2.24) is 0 Å². The van der Waals surface area contributed by atoms with E-state index in [0.717, 1.165) is 6.42 Å². The van der Waals surface area contributed by atoms with Crippen LogP contribution in [0.15, 0.2) is 23.8 Å². The van der Waals surface area contributed by atoms with Crippen molar-refractivity contribution < 1.29 is 29.3 Å². The van der Waals surface area contributed by atoms with Crippen LogP contribution in [-0.2, 0) is 19.1 Å². The first-order valence-electron chi connectivity index (χ1n) is 12.3. The van der Waals surface area contributed by atoms with E-state index in [1.54, 1.807) is 26.8 Å². The minimum atomic E-state index is -1.10. The third kappa shape index (κ3) is 3.47. The van der Waals surface area contributed by atoms with E-state index in [-0.39, 0.29) is 41.8 Å².